The molecule has 1 aromatic rings. The third-order valence-corrected chi connectivity index (χ3v) is 2.82. The van der Waals surface area contributed by atoms with Crippen molar-refractivity contribution in [1.82, 2.24) is 9.78 Å². The number of carboxylic acids is 1. The van der Waals surface area contributed by atoms with Crippen LogP contribution in [0, 0.1) is 16.0 Å². The van der Waals surface area contributed by atoms with E-state index < -0.39 is 16.8 Å². The highest BCUT2D eigenvalue weighted by Crippen LogP contribution is 2.30. The number of carboxylic acid groups (broad SMARTS) is 1. The second-order valence-electron chi connectivity index (χ2n) is 4.04. The Balaban J connectivity index is 2.24. The van der Waals surface area contributed by atoms with E-state index in [0.717, 1.165) is 0 Å². The number of anilines is 1. The van der Waals surface area contributed by atoms with Crippen molar-refractivity contribution in [1.29, 1.82) is 0 Å². The van der Waals surface area contributed by atoms with Crippen LogP contribution in [-0.2, 0) is 11.8 Å². The molecule has 0 radical (unpaired) electrons. The van der Waals surface area contributed by atoms with Gasteiger partial charge in [-0.3, -0.25) is 19.6 Å². The Morgan fingerprint density at radius 2 is 2.41 bits per heavy atom. The lowest BCUT2D eigenvalue weighted by atomic mass is 10.1. The standard InChI is InChI=1S/C9H12N4O4/c1-11-5-7(13(16)17)8(10-11)12-3-2-6(4-12)9(14)15/h5-6H,2-4H2,1H3,(H,14,15). The molecule has 8 nitrogen and oxygen atoms in total. The number of hydrogen-bond acceptors (Lipinski definition) is 5. The molecule has 0 saturated carbocycles. The minimum absolute atomic E-state index is 0.0847. The van der Waals surface area contributed by atoms with Crippen LogP contribution in [0.15, 0.2) is 6.20 Å². The first-order valence-electron chi connectivity index (χ1n) is 5.15. The molecule has 0 spiro atoms. The van der Waals surface area contributed by atoms with Crippen LogP contribution in [0.1, 0.15) is 6.42 Å². The zero-order valence-corrected chi connectivity index (χ0v) is 9.24. The summed E-state index contributed by atoms with van der Waals surface area (Å²) in [6.45, 7) is 0.752. The van der Waals surface area contributed by atoms with E-state index in [9.17, 15) is 14.9 Å². The number of rotatable bonds is 3. The SMILES string of the molecule is Cn1cc([N+](=O)[O-])c(N2CCC(C(=O)O)C2)n1. The van der Waals surface area contributed by atoms with Crippen LogP contribution in [-0.4, -0.2) is 38.9 Å². The lowest BCUT2D eigenvalue weighted by Crippen LogP contribution is -2.23. The van der Waals surface area contributed by atoms with Gasteiger partial charge in [0.05, 0.1) is 10.8 Å². The van der Waals surface area contributed by atoms with E-state index in [4.69, 9.17) is 5.11 Å². The molecule has 1 aliphatic rings. The quantitative estimate of drug-likeness (QED) is 0.599. The van der Waals surface area contributed by atoms with Gasteiger partial charge in [-0.1, -0.05) is 0 Å². The van der Waals surface area contributed by atoms with Crippen molar-refractivity contribution in [2.24, 2.45) is 13.0 Å². The van der Waals surface area contributed by atoms with Crippen molar-refractivity contribution in [2.45, 2.75) is 6.42 Å². The van der Waals surface area contributed by atoms with Gasteiger partial charge in [0, 0.05) is 20.1 Å². The second-order valence-corrected chi connectivity index (χ2v) is 4.04. The molecule has 2 rings (SSSR count). The van der Waals surface area contributed by atoms with E-state index in [-0.39, 0.29) is 18.1 Å². The van der Waals surface area contributed by atoms with Gasteiger partial charge in [0.25, 0.3) is 0 Å². The van der Waals surface area contributed by atoms with E-state index in [0.29, 0.717) is 13.0 Å². The van der Waals surface area contributed by atoms with E-state index >= 15 is 0 Å². The summed E-state index contributed by atoms with van der Waals surface area (Å²) in [5.74, 6) is -1.09. The summed E-state index contributed by atoms with van der Waals surface area (Å²) in [6, 6.07) is 0. The molecule has 1 saturated heterocycles. The molecular formula is C9H12N4O4. The Hall–Kier alpha value is -2.12. The van der Waals surface area contributed by atoms with Crippen molar-refractivity contribution in [3.05, 3.63) is 16.3 Å². The molecule has 2 heterocycles. The summed E-state index contributed by atoms with van der Waals surface area (Å²) in [4.78, 5) is 22.8. The topological polar surface area (TPSA) is 102 Å². The van der Waals surface area contributed by atoms with Crippen LogP contribution in [0.25, 0.3) is 0 Å². The molecule has 1 fully saturated rings. The maximum atomic E-state index is 10.8. The Morgan fingerprint density at radius 1 is 1.71 bits per heavy atom. The van der Waals surface area contributed by atoms with E-state index in [2.05, 4.69) is 5.10 Å². The van der Waals surface area contributed by atoms with Gasteiger partial charge < -0.3 is 10.0 Å². The van der Waals surface area contributed by atoms with E-state index in [1.165, 1.54) is 10.9 Å². The Labute approximate surface area is 96.6 Å². The predicted molar refractivity (Wildman–Crippen MR) is 57.8 cm³/mol. The summed E-state index contributed by atoms with van der Waals surface area (Å²) in [5, 5.41) is 23.7. The predicted octanol–water partition coefficient (Wildman–Crippen LogP) is 0.239. The Kier molecular flexibility index (Phi) is 2.70. The zero-order chi connectivity index (χ0) is 12.6. The lowest BCUT2D eigenvalue weighted by molar-refractivity contribution is -0.384. The minimum atomic E-state index is -0.869. The summed E-state index contributed by atoms with van der Waals surface area (Å²) in [6.07, 6.45) is 1.81. The first-order chi connectivity index (χ1) is 7.99. The average molecular weight is 240 g/mol. The smallest absolute Gasteiger partial charge is 0.330 e. The van der Waals surface area contributed by atoms with Gasteiger partial charge in [0.1, 0.15) is 6.20 Å². The van der Waals surface area contributed by atoms with Crippen molar-refractivity contribution >= 4 is 17.5 Å². The highest BCUT2D eigenvalue weighted by atomic mass is 16.6. The monoisotopic (exact) mass is 240 g/mol. The number of nitro groups is 1. The largest absolute Gasteiger partial charge is 0.481 e. The molecule has 0 aromatic carbocycles. The summed E-state index contributed by atoms with van der Waals surface area (Å²) >= 11 is 0. The summed E-state index contributed by atoms with van der Waals surface area (Å²) in [5.41, 5.74) is -0.0847. The number of aliphatic carboxylic acids is 1. The maximum absolute atomic E-state index is 10.8. The first kappa shape index (κ1) is 11.4. The Bertz CT molecular complexity index is 470. The van der Waals surface area contributed by atoms with Gasteiger partial charge in [-0.15, -0.1) is 5.10 Å². The fourth-order valence-corrected chi connectivity index (χ4v) is 1.97. The van der Waals surface area contributed by atoms with E-state index in [1.54, 1.807) is 11.9 Å². The van der Waals surface area contributed by atoms with Crippen LogP contribution in [0.3, 0.4) is 0 Å². The first-order valence-corrected chi connectivity index (χ1v) is 5.15. The van der Waals surface area contributed by atoms with Gasteiger partial charge in [0.15, 0.2) is 0 Å². The summed E-state index contributed by atoms with van der Waals surface area (Å²) < 4.78 is 1.36. The fourth-order valence-electron chi connectivity index (χ4n) is 1.97. The van der Waals surface area contributed by atoms with Gasteiger partial charge >= 0.3 is 11.7 Å². The van der Waals surface area contributed by atoms with E-state index in [1.807, 2.05) is 0 Å². The second kappa shape index (κ2) is 4.04. The van der Waals surface area contributed by atoms with Crippen molar-refractivity contribution in [3.8, 4) is 0 Å². The molecule has 0 amide bonds. The number of carbonyl (C=O) groups is 1. The van der Waals surface area contributed by atoms with Gasteiger partial charge in [0.2, 0.25) is 5.82 Å². The molecule has 8 heteroatoms. The average Bonchev–Trinajstić information content (AvgIpc) is 2.82. The number of hydrogen-bond donors (Lipinski definition) is 1. The lowest BCUT2D eigenvalue weighted by Gasteiger charge is -2.13. The third-order valence-electron chi connectivity index (χ3n) is 2.82. The normalized spacial score (nSPS) is 19.6. The molecule has 1 N–H and O–H groups in total. The summed E-state index contributed by atoms with van der Waals surface area (Å²) in [7, 11) is 1.60. The molecule has 1 aliphatic heterocycles. The highest BCUT2D eigenvalue weighted by molar-refractivity contribution is 5.72. The van der Waals surface area contributed by atoms with Crippen LogP contribution < -0.4 is 4.90 Å². The van der Waals surface area contributed by atoms with Gasteiger partial charge in [-0.2, -0.15) is 0 Å². The van der Waals surface area contributed by atoms with Crippen LogP contribution >= 0.6 is 0 Å². The van der Waals surface area contributed by atoms with Crippen molar-refractivity contribution in [2.75, 3.05) is 18.0 Å². The number of aryl methyl sites for hydroxylation is 1. The molecule has 1 aromatic heterocycles. The van der Waals surface area contributed by atoms with Crippen molar-refractivity contribution < 1.29 is 14.8 Å². The van der Waals surface area contributed by atoms with Gasteiger partial charge in [-0.25, -0.2) is 0 Å². The van der Waals surface area contributed by atoms with Gasteiger partial charge in [-0.05, 0) is 6.42 Å². The van der Waals surface area contributed by atoms with Crippen LogP contribution in [0.2, 0.25) is 0 Å². The minimum Gasteiger partial charge on any atom is -0.481 e. The molecule has 0 bridgehead atoms. The number of nitrogens with zero attached hydrogens (tertiary/aromatic N) is 4. The molecule has 17 heavy (non-hydrogen) atoms. The van der Waals surface area contributed by atoms with Crippen LogP contribution in [0.4, 0.5) is 11.5 Å². The number of aromatic nitrogens is 2. The molecule has 1 unspecified atom stereocenters. The zero-order valence-electron chi connectivity index (χ0n) is 9.24. The molecule has 0 aliphatic carbocycles. The molecule has 1 atom stereocenters. The fraction of sp³-hybridized carbons (Fsp3) is 0.556. The molecular weight excluding hydrogens is 228 g/mol. The van der Waals surface area contributed by atoms with Crippen molar-refractivity contribution in [3.63, 3.8) is 0 Å². The maximum Gasteiger partial charge on any atom is 0.330 e. The Morgan fingerprint density at radius 3 is 2.94 bits per heavy atom. The third kappa shape index (κ3) is 2.05. The highest BCUT2D eigenvalue weighted by Gasteiger charge is 2.33. The molecule has 92 valence electrons. The van der Waals surface area contributed by atoms with Crippen LogP contribution in [0.5, 0.6) is 0 Å².